The van der Waals surface area contributed by atoms with Crippen LogP contribution in [0.25, 0.3) is 0 Å². The van der Waals surface area contributed by atoms with Gasteiger partial charge in [0.05, 0.1) is 6.61 Å². The van der Waals surface area contributed by atoms with Gasteiger partial charge in [-0.1, -0.05) is 19.3 Å². The van der Waals surface area contributed by atoms with Crippen LogP contribution in [0.2, 0.25) is 0 Å². The third kappa shape index (κ3) is 4.31. The minimum atomic E-state index is -0.374. The van der Waals surface area contributed by atoms with Gasteiger partial charge in [0.2, 0.25) is 0 Å². The van der Waals surface area contributed by atoms with E-state index < -0.39 is 0 Å². The molecular formula is C19H21FN2O2. The molecule has 126 valence electrons. The Balaban J connectivity index is 1.64. The summed E-state index contributed by atoms with van der Waals surface area (Å²) in [5, 5.41) is 2.74. The zero-order valence-electron chi connectivity index (χ0n) is 13.5. The van der Waals surface area contributed by atoms with E-state index >= 15 is 0 Å². The Bertz CT molecular complexity index is 682. The molecule has 1 aliphatic rings. The molecule has 0 atom stereocenters. The lowest BCUT2D eigenvalue weighted by atomic mass is 9.90. The highest BCUT2D eigenvalue weighted by atomic mass is 19.1. The van der Waals surface area contributed by atoms with E-state index in [1.807, 2.05) is 0 Å². The number of hydrogen-bond donors (Lipinski definition) is 1. The average Bonchev–Trinajstić information content (AvgIpc) is 2.62. The number of hydrogen-bond acceptors (Lipinski definition) is 3. The van der Waals surface area contributed by atoms with Crippen LogP contribution in [0.5, 0.6) is 5.75 Å². The topological polar surface area (TPSA) is 51.2 Å². The first-order chi connectivity index (χ1) is 11.7. The molecular weight excluding hydrogens is 307 g/mol. The van der Waals surface area contributed by atoms with Gasteiger partial charge < -0.3 is 10.1 Å². The van der Waals surface area contributed by atoms with Gasteiger partial charge in [-0.15, -0.1) is 0 Å². The van der Waals surface area contributed by atoms with Crippen LogP contribution in [-0.2, 0) is 0 Å². The van der Waals surface area contributed by atoms with Crippen LogP contribution in [-0.4, -0.2) is 17.5 Å². The summed E-state index contributed by atoms with van der Waals surface area (Å²) in [6.07, 6.45) is 7.82. The highest BCUT2D eigenvalue weighted by molar-refractivity contribution is 6.04. The van der Waals surface area contributed by atoms with Crippen molar-refractivity contribution in [3.63, 3.8) is 0 Å². The molecule has 1 saturated carbocycles. The number of amides is 1. The SMILES string of the molecule is O=C(Nc1ncccc1OCC1CCCCC1)c1ccc(F)cc1. The molecule has 0 bridgehead atoms. The number of ether oxygens (including phenoxy) is 1. The summed E-state index contributed by atoms with van der Waals surface area (Å²) in [5.74, 6) is 0.817. The summed E-state index contributed by atoms with van der Waals surface area (Å²) in [7, 11) is 0. The Hall–Kier alpha value is -2.43. The highest BCUT2D eigenvalue weighted by Crippen LogP contribution is 2.27. The number of carbonyl (C=O) groups excluding carboxylic acids is 1. The number of rotatable bonds is 5. The van der Waals surface area contributed by atoms with Crippen molar-refractivity contribution in [1.29, 1.82) is 0 Å². The van der Waals surface area contributed by atoms with Gasteiger partial charge in [-0.25, -0.2) is 9.37 Å². The second-order valence-corrected chi connectivity index (χ2v) is 6.13. The van der Waals surface area contributed by atoms with Gasteiger partial charge in [0.1, 0.15) is 5.82 Å². The number of pyridine rings is 1. The van der Waals surface area contributed by atoms with Crippen molar-refractivity contribution in [2.24, 2.45) is 5.92 Å². The van der Waals surface area contributed by atoms with E-state index in [-0.39, 0.29) is 11.7 Å². The van der Waals surface area contributed by atoms with Crippen molar-refractivity contribution in [3.05, 3.63) is 54.0 Å². The van der Waals surface area contributed by atoms with Gasteiger partial charge >= 0.3 is 0 Å². The Labute approximate surface area is 141 Å². The molecule has 0 aliphatic heterocycles. The second kappa shape index (κ2) is 7.90. The Morgan fingerprint density at radius 1 is 1.17 bits per heavy atom. The van der Waals surface area contributed by atoms with Gasteiger partial charge in [-0.05, 0) is 55.2 Å². The van der Waals surface area contributed by atoms with Crippen LogP contribution < -0.4 is 10.1 Å². The van der Waals surface area contributed by atoms with Gasteiger partial charge in [0.15, 0.2) is 11.6 Å². The maximum absolute atomic E-state index is 13.0. The number of anilines is 1. The molecule has 24 heavy (non-hydrogen) atoms. The largest absolute Gasteiger partial charge is 0.489 e. The smallest absolute Gasteiger partial charge is 0.256 e. The molecule has 1 N–H and O–H groups in total. The fourth-order valence-electron chi connectivity index (χ4n) is 2.94. The molecule has 0 unspecified atom stereocenters. The molecule has 0 radical (unpaired) electrons. The lowest BCUT2D eigenvalue weighted by molar-refractivity contribution is 0.102. The maximum atomic E-state index is 13.0. The molecule has 0 spiro atoms. The standard InChI is InChI=1S/C19H21FN2O2/c20-16-10-8-15(9-11-16)19(23)22-18-17(7-4-12-21-18)24-13-14-5-2-1-3-6-14/h4,7-12,14H,1-3,5-6,13H2,(H,21,22,23). The van der Waals surface area contributed by atoms with E-state index in [2.05, 4.69) is 10.3 Å². The van der Waals surface area contributed by atoms with Crippen molar-refractivity contribution >= 4 is 11.7 Å². The van der Waals surface area contributed by atoms with Crippen LogP contribution in [0.4, 0.5) is 10.2 Å². The summed E-state index contributed by atoms with van der Waals surface area (Å²) < 4.78 is 18.8. The van der Waals surface area contributed by atoms with Crippen molar-refractivity contribution in [2.45, 2.75) is 32.1 Å². The van der Waals surface area contributed by atoms with Crippen LogP contribution in [0, 0.1) is 11.7 Å². The minimum Gasteiger partial charge on any atom is -0.489 e. The van der Waals surface area contributed by atoms with Crippen LogP contribution >= 0.6 is 0 Å². The third-order valence-electron chi connectivity index (χ3n) is 4.31. The van der Waals surface area contributed by atoms with Gasteiger partial charge in [0.25, 0.3) is 5.91 Å². The van der Waals surface area contributed by atoms with E-state index in [1.54, 1.807) is 18.3 Å². The Kier molecular flexibility index (Phi) is 5.41. The second-order valence-electron chi connectivity index (χ2n) is 6.13. The Morgan fingerprint density at radius 2 is 1.92 bits per heavy atom. The fourth-order valence-corrected chi connectivity index (χ4v) is 2.94. The number of benzene rings is 1. The molecule has 1 aliphatic carbocycles. The van der Waals surface area contributed by atoms with E-state index in [0.29, 0.717) is 29.7 Å². The third-order valence-corrected chi connectivity index (χ3v) is 4.31. The number of aromatic nitrogens is 1. The fraction of sp³-hybridized carbons (Fsp3) is 0.368. The van der Waals surface area contributed by atoms with E-state index in [0.717, 1.165) is 0 Å². The number of nitrogens with one attached hydrogen (secondary N) is 1. The summed E-state index contributed by atoms with van der Waals surface area (Å²) >= 11 is 0. The molecule has 1 heterocycles. The zero-order valence-corrected chi connectivity index (χ0v) is 13.5. The van der Waals surface area contributed by atoms with Crippen LogP contribution in [0.3, 0.4) is 0 Å². The van der Waals surface area contributed by atoms with Crippen molar-refractivity contribution < 1.29 is 13.9 Å². The highest BCUT2D eigenvalue weighted by Gasteiger charge is 2.16. The zero-order chi connectivity index (χ0) is 16.8. The van der Waals surface area contributed by atoms with Gasteiger partial charge in [-0.3, -0.25) is 4.79 Å². The number of carbonyl (C=O) groups is 1. The van der Waals surface area contributed by atoms with Crippen molar-refractivity contribution in [2.75, 3.05) is 11.9 Å². The average molecular weight is 328 g/mol. The first-order valence-electron chi connectivity index (χ1n) is 8.37. The molecule has 1 aromatic carbocycles. The predicted octanol–water partition coefficient (Wildman–Crippen LogP) is 4.43. The molecule has 2 aromatic rings. The molecule has 4 nitrogen and oxygen atoms in total. The van der Waals surface area contributed by atoms with Crippen molar-refractivity contribution in [1.82, 2.24) is 4.98 Å². The molecule has 1 amide bonds. The lowest BCUT2D eigenvalue weighted by Gasteiger charge is -2.22. The molecule has 0 saturated heterocycles. The van der Waals surface area contributed by atoms with Gasteiger partial charge in [0, 0.05) is 11.8 Å². The quantitative estimate of drug-likeness (QED) is 0.883. The summed E-state index contributed by atoms with van der Waals surface area (Å²) in [4.78, 5) is 16.4. The molecule has 5 heteroatoms. The normalized spacial score (nSPS) is 15.0. The Morgan fingerprint density at radius 3 is 2.67 bits per heavy atom. The van der Waals surface area contributed by atoms with Crippen LogP contribution in [0.15, 0.2) is 42.6 Å². The molecule has 1 aromatic heterocycles. The lowest BCUT2D eigenvalue weighted by Crippen LogP contribution is -2.17. The summed E-state index contributed by atoms with van der Waals surface area (Å²) in [6.45, 7) is 0.644. The van der Waals surface area contributed by atoms with Crippen LogP contribution in [0.1, 0.15) is 42.5 Å². The summed E-state index contributed by atoms with van der Waals surface area (Å²) in [6, 6.07) is 8.98. The molecule has 3 rings (SSSR count). The van der Waals surface area contributed by atoms with Crippen molar-refractivity contribution in [3.8, 4) is 5.75 Å². The number of nitrogens with zero attached hydrogens (tertiary/aromatic N) is 1. The van der Waals surface area contributed by atoms with E-state index in [4.69, 9.17) is 4.74 Å². The number of halogens is 1. The van der Waals surface area contributed by atoms with E-state index in [1.165, 1.54) is 56.4 Å². The molecule has 1 fully saturated rings. The minimum absolute atomic E-state index is 0.337. The van der Waals surface area contributed by atoms with E-state index in [9.17, 15) is 9.18 Å². The first kappa shape index (κ1) is 16.4. The van der Waals surface area contributed by atoms with Gasteiger partial charge in [-0.2, -0.15) is 0 Å². The predicted molar refractivity (Wildman–Crippen MR) is 90.7 cm³/mol. The first-order valence-corrected chi connectivity index (χ1v) is 8.37. The summed E-state index contributed by atoms with van der Waals surface area (Å²) in [5.41, 5.74) is 0.375. The monoisotopic (exact) mass is 328 g/mol. The maximum Gasteiger partial charge on any atom is 0.256 e.